The van der Waals surface area contributed by atoms with E-state index < -0.39 is 5.25 Å². The zero-order valence-electron chi connectivity index (χ0n) is 19.9. The monoisotopic (exact) mass is 582 g/mol. The van der Waals surface area contributed by atoms with Crippen molar-refractivity contribution in [1.29, 1.82) is 0 Å². The van der Waals surface area contributed by atoms with E-state index in [1.165, 1.54) is 23.2 Å². The average Bonchev–Trinajstić information content (AvgIpc) is 3.19. The van der Waals surface area contributed by atoms with Gasteiger partial charge in [0.15, 0.2) is 16.7 Å². The Bertz CT molecular complexity index is 1360. The van der Waals surface area contributed by atoms with Crippen molar-refractivity contribution in [3.8, 4) is 17.2 Å². The van der Waals surface area contributed by atoms with Gasteiger partial charge in [0.2, 0.25) is 11.8 Å². The molecule has 4 rings (SSSR count). The van der Waals surface area contributed by atoms with E-state index in [0.717, 1.165) is 16.2 Å². The summed E-state index contributed by atoms with van der Waals surface area (Å²) in [5.41, 5.74) is 1.76. The topological polar surface area (TPSA) is 113 Å². The number of nitrogens with zero attached hydrogens (tertiary/aromatic N) is 3. The number of nitrogens with one attached hydrogen (secondary N) is 1. The van der Waals surface area contributed by atoms with Crippen LogP contribution in [0.1, 0.15) is 12.0 Å². The van der Waals surface area contributed by atoms with Crippen LogP contribution in [0.15, 0.2) is 81.4 Å². The maximum absolute atomic E-state index is 13.3. The minimum Gasteiger partial charge on any atom is -0.508 e. The first kappa shape index (κ1) is 26.2. The van der Waals surface area contributed by atoms with Gasteiger partial charge in [-0.3, -0.25) is 14.5 Å². The molecule has 0 spiro atoms. The number of phenolic OH excluding ortho intramolecular Hbond substituents is 1. The second kappa shape index (κ2) is 11.9. The van der Waals surface area contributed by atoms with Crippen LogP contribution >= 0.6 is 27.7 Å². The highest BCUT2D eigenvalue weighted by Crippen LogP contribution is 2.35. The third-order valence-corrected chi connectivity index (χ3v) is 6.94. The number of hydrogen-bond donors (Lipinski definition) is 2. The third kappa shape index (κ3) is 6.49. The first-order chi connectivity index (χ1) is 17.9. The number of halogens is 1. The molecule has 0 unspecified atom stereocenters. The molecule has 2 N–H and O–H groups in total. The van der Waals surface area contributed by atoms with Crippen LogP contribution in [0.25, 0.3) is 0 Å². The number of aromatic hydroxyl groups is 1. The van der Waals surface area contributed by atoms with E-state index in [0.29, 0.717) is 28.4 Å². The van der Waals surface area contributed by atoms with Crippen LogP contribution in [-0.2, 0) is 9.59 Å². The van der Waals surface area contributed by atoms with E-state index >= 15 is 0 Å². The van der Waals surface area contributed by atoms with Crippen molar-refractivity contribution in [1.82, 2.24) is 0 Å². The maximum Gasteiger partial charge on any atom is 0.247 e. The lowest BCUT2D eigenvalue weighted by atomic mass is 10.2. The minimum atomic E-state index is -0.715. The second-order valence-corrected chi connectivity index (χ2v) is 9.89. The third-order valence-electron chi connectivity index (χ3n) is 5.28. The summed E-state index contributed by atoms with van der Waals surface area (Å²) < 4.78 is 11.5. The largest absolute Gasteiger partial charge is 0.508 e. The van der Waals surface area contributed by atoms with Crippen LogP contribution in [-0.4, -0.2) is 47.8 Å². The number of benzene rings is 3. The zero-order chi connectivity index (χ0) is 26.4. The Morgan fingerprint density at radius 3 is 2.57 bits per heavy atom. The predicted octanol–water partition coefficient (Wildman–Crippen LogP) is 5.04. The highest BCUT2D eigenvalue weighted by atomic mass is 79.9. The molecule has 1 aliphatic rings. The van der Waals surface area contributed by atoms with Crippen LogP contribution in [0, 0.1) is 0 Å². The van der Waals surface area contributed by atoms with Crippen molar-refractivity contribution in [3.63, 3.8) is 0 Å². The number of phenols is 1. The summed E-state index contributed by atoms with van der Waals surface area (Å²) in [4.78, 5) is 27.4. The smallest absolute Gasteiger partial charge is 0.247 e. The fraction of sp³-hybridized carbons (Fsp3) is 0.154. The van der Waals surface area contributed by atoms with Crippen molar-refractivity contribution in [2.45, 2.75) is 11.7 Å². The molecule has 190 valence electrons. The van der Waals surface area contributed by atoms with Crippen molar-refractivity contribution in [2.24, 2.45) is 10.2 Å². The maximum atomic E-state index is 13.3. The van der Waals surface area contributed by atoms with Crippen LogP contribution < -0.4 is 19.7 Å². The standard InChI is InChI=1S/C26H23BrN4O5S/c1-35-21-11-6-16(12-22(21)36-2)15-28-30-26-31(19-4-3-5-20(32)13-19)25(34)23(37-26)14-24(33)29-18-9-7-17(27)8-10-18/h3-13,15,23,32H,14H2,1-2H3,(H,29,33)/b28-15-,30-26-/t23-/m0/s1. The van der Waals surface area contributed by atoms with Crippen LogP contribution in [0.4, 0.5) is 11.4 Å². The Morgan fingerprint density at radius 1 is 1.11 bits per heavy atom. The number of hydrogen-bond acceptors (Lipinski definition) is 8. The summed E-state index contributed by atoms with van der Waals surface area (Å²) in [6, 6.07) is 18.7. The molecule has 0 aromatic heterocycles. The van der Waals surface area contributed by atoms with Crippen LogP contribution in [0.2, 0.25) is 0 Å². The molecule has 37 heavy (non-hydrogen) atoms. The molecule has 0 radical (unpaired) electrons. The van der Waals surface area contributed by atoms with Crippen molar-refractivity contribution in [2.75, 3.05) is 24.4 Å². The summed E-state index contributed by atoms with van der Waals surface area (Å²) in [5, 5.41) is 20.8. The van der Waals surface area contributed by atoms with Gasteiger partial charge in [0.1, 0.15) is 11.0 Å². The molecule has 3 aromatic carbocycles. The number of carbonyl (C=O) groups is 2. The molecular formula is C26H23BrN4O5S. The summed E-state index contributed by atoms with van der Waals surface area (Å²) in [7, 11) is 3.09. The van der Waals surface area contributed by atoms with Gasteiger partial charge < -0.3 is 19.9 Å². The van der Waals surface area contributed by atoms with Gasteiger partial charge in [-0.1, -0.05) is 33.8 Å². The molecule has 2 amide bonds. The average molecular weight is 583 g/mol. The molecule has 0 bridgehead atoms. The molecule has 0 aliphatic carbocycles. The van der Waals surface area contributed by atoms with Gasteiger partial charge >= 0.3 is 0 Å². The number of amidine groups is 1. The molecule has 0 saturated carbocycles. The van der Waals surface area contributed by atoms with Gasteiger partial charge in [-0.05, 0) is 60.2 Å². The molecule has 1 heterocycles. The molecule has 1 atom stereocenters. The number of methoxy groups -OCH3 is 2. The molecule has 11 heteroatoms. The number of amides is 2. The Balaban J connectivity index is 1.56. The SMILES string of the molecule is COc1ccc(/C=N\N=C2/S[C@@H](CC(=O)Nc3ccc(Br)cc3)C(=O)N2c2cccc(O)c2)cc1OC. The number of thioether (sulfide) groups is 1. The fourth-order valence-electron chi connectivity index (χ4n) is 3.53. The molecule has 1 saturated heterocycles. The van der Waals surface area contributed by atoms with E-state index in [1.54, 1.807) is 56.7 Å². The number of carbonyl (C=O) groups excluding carboxylic acids is 2. The van der Waals surface area contributed by atoms with Crippen molar-refractivity contribution in [3.05, 3.63) is 76.8 Å². The lowest BCUT2D eigenvalue weighted by Gasteiger charge is -2.16. The van der Waals surface area contributed by atoms with E-state index in [9.17, 15) is 14.7 Å². The van der Waals surface area contributed by atoms with Gasteiger partial charge in [0, 0.05) is 22.6 Å². The quantitative estimate of drug-likeness (QED) is 0.284. The fourth-order valence-corrected chi connectivity index (χ4v) is 4.88. The molecule has 9 nitrogen and oxygen atoms in total. The predicted molar refractivity (Wildman–Crippen MR) is 149 cm³/mol. The first-order valence-corrected chi connectivity index (χ1v) is 12.7. The highest BCUT2D eigenvalue weighted by Gasteiger charge is 2.40. The Labute approximate surface area is 226 Å². The van der Waals surface area contributed by atoms with E-state index in [4.69, 9.17) is 9.47 Å². The highest BCUT2D eigenvalue weighted by molar-refractivity contribution is 9.10. The Morgan fingerprint density at radius 2 is 1.86 bits per heavy atom. The van der Waals surface area contributed by atoms with E-state index in [1.807, 2.05) is 12.1 Å². The lowest BCUT2D eigenvalue weighted by molar-refractivity contribution is -0.121. The molecule has 1 aliphatic heterocycles. The summed E-state index contributed by atoms with van der Waals surface area (Å²) in [6.45, 7) is 0. The van der Waals surface area contributed by atoms with Gasteiger partial charge in [-0.2, -0.15) is 5.10 Å². The lowest BCUT2D eigenvalue weighted by Crippen LogP contribution is -2.33. The minimum absolute atomic E-state index is 0.0000828. The van der Waals surface area contributed by atoms with Gasteiger partial charge in [0.05, 0.1) is 26.1 Å². The van der Waals surface area contributed by atoms with Crippen molar-refractivity contribution < 1.29 is 24.2 Å². The molecule has 1 fully saturated rings. The summed E-state index contributed by atoms with van der Waals surface area (Å²) in [6.07, 6.45) is 1.46. The zero-order valence-corrected chi connectivity index (χ0v) is 22.3. The summed E-state index contributed by atoms with van der Waals surface area (Å²) >= 11 is 4.50. The van der Waals surface area contributed by atoms with Gasteiger partial charge in [-0.15, -0.1) is 5.10 Å². The number of rotatable bonds is 8. The van der Waals surface area contributed by atoms with Crippen LogP contribution in [0.5, 0.6) is 17.2 Å². The molecule has 3 aromatic rings. The first-order valence-electron chi connectivity index (χ1n) is 11.1. The Kier molecular flexibility index (Phi) is 8.47. The molecular weight excluding hydrogens is 560 g/mol. The van der Waals surface area contributed by atoms with Crippen LogP contribution in [0.3, 0.4) is 0 Å². The van der Waals surface area contributed by atoms with E-state index in [-0.39, 0.29) is 29.2 Å². The summed E-state index contributed by atoms with van der Waals surface area (Å²) in [5.74, 6) is 0.491. The normalized spacial score (nSPS) is 16.4. The Hall–Kier alpha value is -3.83. The number of anilines is 2. The van der Waals surface area contributed by atoms with Crippen molar-refractivity contribution >= 4 is 62.3 Å². The van der Waals surface area contributed by atoms with Gasteiger partial charge in [0.25, 0.3) is 0 Å². The van der Waals surface area contributed by atoms with E-state index in [2.05, 4.69) is 31.4 Å². The number of ether oxygens (including phenoxy) is 2. The second-order valence-electron chi connectivity index (χ2n) is 7.80. The van der Waals surface area contributed by atoms with Gasteiger partial charge in [-0.25, -0.2) is 0 Å².